The monoisotopic (exact) mass is 435 g/mol. The first-order chi connectivity index (χ1) is 14.5. The fraction of sp³-hybridized carbons (Fsp3) is 0.208. The molecule has 1 heterocycles. The molecule has 0 aliphatic heterocycles. The van der Waals surface area contributed by atoms with E-state index in [1.165, 1.54) is 0 Å². The number of rotatable bonds is 7. The Morgan fingerprint density at radius 3 is 2.43 bits per heavy atom. The van der Waals surface area contributed by atoms with Gasteiger partial charge in [0.2, 0.25) is 0 Å². The smallest absolute Gasteiger partial charge is 0.150 e. The van der Waals surface area contributed by atoms with Crippen LogP contribution in [0.2, 0.25) is 0 Å². The molecule has 0 bridgehead atoms. The van der Waals surface area contributed by atoms with Crippen molar-refractivity contribution >= 4 is 59.0 Å². The van der Waals surface area contributed by atoms with Crippen molar-refractivity contribution in [3.8, 4) is 0 Å². The van der Waals surface area contributed by atoms with Crippen molar-refractivity contribution < 1.29 is 4.79 Å². The Hall–Kier alpha value is -2.41. The number of aromatic nitrogens is 1. The third-order valence-electron chi connectivity index (χ3n) is 5.38. The second kappa shape index (κ2) is 8.38. The molecule has 0 atom stereocenters. The van der Waals surface area contributed by atoms with Crippen LogP contribution in [-0.4, -0.2) is 15.1 Å². The summed E-state index contributed by atoms with van der Waals surface area (Å²) in [6, 6.07) is 22.0. The van der Waals surface area contributed by atoms with Crippen LogP contribution in [0, 0.1) is 0 Å². The predicted octanol–water partition coefficient (Wildman–Crippen LogP) is 5.45. The average molecular weight is 436 g/mol. The number of aryl methyl sites for hydroxylation is 1. The SMILES string of the molecule is CCCn1c2ccccc2c2cc(C=O)cc(N(N)C(S)(S)Cc3ccccc3)c21. The molecule has 0 radical (unpaired) electrons. The molecule has 0 amide bonds. The Morgan fingerprint density at radius 1 is 1.03 bits per heavy atom. The van der Waals surface area contributed by atoms with Gasteiger partial charge < -0.3 is 4.57 Å². The number of nitrogens with two attached hydrogens (primary N) is 1. The van der Waals surface area contributed by atoms with Gasteiger partial charge in [0.1, 0.15) is 10.5 Å². The van der Waals surface area contributed by atoms with Gasteiger partial charge in [0.05, 0.1) is 11.2 Å². The van der Waals surface area contributed by atoms with E-state index in [0.717, 1.165) is 52.3 Å². The normalized spacial score (nSPS) is 11.9. The number of benzene rings is 3. The number of hydrazine groups is 1. The molecule has 0 aliphatic rings. The topological polar surface area (TPSA) is 51.3 Å². The summed E-state index contributed by atoms with van der Waals surface area (Å²) in [7, 11) is 0. The van der Waals surface area contributed by atoms with Crippen molar-refractivity contribution in [2.75, 3.05) is 5.01 Å². The van der Waals surface area contributed by atoms with Crippen LogP contribution < -0.4 is 10.9 Å². The number of fused-ring (bicyclic) bond motifs is 3. The van der Waals surface area contributed by atoms with Gasteiger partial charge in [-0.05, 0) is 30.2 Å². The maximum Gasteiger partial charge on any atom is 0.150 e. The summed E-state index contributed by atoms with van der Waals surface area (Å²) >= 11 is 9.62. The summed E-state index contributed by atoms with van der Waals surface area (Å²) in [5.74, 6) is 6.65. The van der Waals surface area contributed by atoms with Gasteiger partial charge in [0.15, 0.2) is 0 Å². The number of thiol groups is 2. The zero-order chi connectivity index (χ0) is 21.3. The molecule has 4 nitrogen and oxygen atoms in total. The predicted molar refractivity (Wildman–Crippen MR) is 133 cm³/mol. The van der Waals surface area contributed by atoms with E-state index in [0.29, 0.717) is 12.0 Å². The molecule has 4 aromatic rings. The molecule has 0 unspecified atom stereocenters. The summed E-state index contributed by atoms with van der Waals surface area (Å²) < 4.78 is 1.32. The molecular weight excluding hydrogens is 410 g/mol. The minimum absolute atomic E-state index is 0.525. The van der Waals surface area contributed by atoms with Crippen molar-refractivity contribution in [2.45, 2.75) is 30.5 Å². The van der Waals surface area contributed by atoms with Crippen LogP contribution in [0.15, 0.2) is 66.7 Å². The van der Waals surface area contributed by atoms with Crippen LogP contribution in [0.5, 0.6) is 0 Å². The number of hydrogen-bond acceptors (Lipinski definition) is 5. The summed E-state index contributed by atoms with van der Waals surface area (Å²) in [6.07, 6.45) is 2.36. The van der Waals surface area contributed by atoms with E-state index in [1.54, 1.807) is 5.01 Å². The minimum Gasteiger partial charge on any atom is -0.339 e. The molecule has 0 aliphatic carbocycles. The van der Waals surface area contributed by atoms with Crippen molar-refractivity contribution in [3.63, 3.8) is 0 Å². The lowest BCUT2D eigenvalue weighted by Crippen LogP contribution is -2.47. The van der Waals surface area contributed by atoms with E-state index in [9.17, 15) is 4.79 Å². The van der Waals surface area contributed by atoms with Crippen LogP contribution >= 0.6 is 25.3 Å². The first-order valence-corrected chi connectivity index (χ1v) is 10.9. The Kier molecular flexibility index (Phi) is 5.82. The van der Waals surface area contributed by atoms with Gasteiger partial charge in [0, 0.05) is 34.8 Å². The number of hydrogen-bond donors (Lipinski definition) is 3. The van der Waals surface area contributed by atoms with Crippen LogP contribution in [0.1, 0.15) is 29.3 Å². The highest BCUT2D eigenvalue weighted by Gasteiger charge is 2.30. The van der Waals surface area contributed by atoms with E-state index in [4.69, 9.17) is 31.1 Å². The number of anilines is 1. The lowest BCUT2D eigenvalue weighted by atomic mass is 10.1. The molecule has 6 heteroatoms. The number of aldehydes is 1. The first-order valence-electron chi connectivity index (χ1n) is 10.00. The molecule has 30 heavy (non-hydrogen) atoms. The van der Waals surface area contributed by atoms with Gasteiger partial charge in [-0.25, -0.2) is 5.84 Å². The molecule has 4 rings (SSSR count). The van der Waals surface area contributed by atoms with Crippen molar-refractivity contribution in [2.24, 2.45) is 5.84 Å². The Morgan fingerprint density at radius 2 is 1.73 bits per heavy atom. The van der Waals surface area contributed by atoms with Crippen LogP contribution in [0.3, 0.4) is 0 Å². The van der Waals surface area contributed by atoms with Gasteiger partial charge in [-0.2, -0.15) is 0 Å². The first kappa shape index (κ1) is 20.8. The van der Waals surface area contributed by atoms with Crippen molar-refractivity contribution in [1.82, 2.24) is 4.57 Å². The van der Waals surface area contributed by atoms with Crippen molar-refractivity contribution in [1.29, 1.82) is 0 Å². The van der Waals surface area contributed by atoms with Crippen molar-refractivity contribution in [3.05, 3.63) is 77.9 Å². The standard InChI is InChI=1S/C24H25N3OS2/c1-2-12-26-21-11-7-6-10-19(21)20-13-18(16-28)14-22(23(20)26)27(25)24(29,30)15-17-8-4-3-5-9-17/h3-11,13-14,16,29-30H,2,12,15,25H2,1H3. The quantitative estimate of drug-likeness (QED) is 0.119. The third-order valence-corrected chi connectivity index (χ3v) is 6.13. The molecule has 0 saturated carbocycles. The molecule has 1 aromatic heterocycles. The molecule has 0 fully saturated rings. The zero-order valence-electron chi connectivity index (χ0n) is 16.8. The van der Waals surface area contributed by atoms with Crippen LogP contribution in [0.25, 0.3) is 21.8 Å². The third kappa shape index (κ3) is 3.71. The fourth-order valence-electron chi connectivity index (χ4n) is 4.04. The maximum atomic E-state index is 11.7. The Labute approximate surface area is 187 Å². The highest BCUT2D eigenvalue weighted by molar-refractivity contribution is 8.00. The average Bonchev–Trinajstić information content (AvgIpc) is 3.07. The highest BCUT2D eigenvalue weighted by Crippen LogP contribution is 2.40. The number of nitrogens with zero attached hydrogens (tertiary/aromatic N) is 2. The lowest BCUT2D eigenvalue weighted by molar-refractivity contribution is 0.112. The van der Waals surface area contributed by atoms with Gasteiger partial charge in [-0.3, -0.25) is 9.80 Å². The largest absolute Gasteiger partial charge is 0.339 e. The summed E-state index contributed by atoms with van der Waals surface area (Å²) in [6.45, 7) is 2.99. The second-order valence-electron chi connectivity index (χ2n) is 7.53. The second-order valence-corrected chi connectivity index (χ2v) is 9.36. The van der Waals surface area contributed by atoms with Gasteiger partial charge >= 0.3 is 0 Å². The summed E-state index contributed by atoms with van der Waals surface area (Å²) in [5.41, 5.74) is 4.50. The zero-order valence-corrected chi connectivity index (χ0v) is 18.6. The number of carbonyl (C=O) groups excluding carboxylic acids is 1. The molecule has 3 aromatic carbocycles. The summed E-state index contributed by atoms with van der Waals surface area (Å²) in [5, 5.41) is 3.68. The van der Waals surface area contributed by atoms with Gasteiger partial charge in [-0.1, -0.05) is 55.5 Å². The number of para-hydroxylation sites is 1. The Bertz CT molecular complexity index is 1200. The van der Waals surface area contributed by atoms with E-state index >= 15 is 0 Å². The number of carbonyl (C=O) groups is 1. The van der Waals surface area contributed by atoms with E-state index in [2.05, 4.69) is 23.6 Å². The summed E-state index contributed by atoms with van der Waals surface area (Å²) in [4.78, 5) is 11.7. The molecular formula is C24H25N3OS2. The minimum atomic E-state index is -0.955. The van der Waals surface area contributed by atoms with E-state index < -0.39 is 4.20 Å². The van der Waals surface area contributed by atoms with Crippen LogP contribution in [0.4, 0.5) is 5.69 Å². The van der Waals surface area contributed by atoms with E-state index in [-0.39, 0.29) is 0 Å². The van der Waals surface area contributed by atoms with Crippen LogP contribution in [-0.2, 0) is 13.0 Å². The molecule has 0 spiro atoms. The molecule has 2 N–H and O–H groups in total. The fourth-order valence-corrected chi connectivity index (χ4v) is 4.62. The van der Waals surface area contributed by atoms with Gasteiger partial charge in [0.25, 0.3) is 0 Å². The van der Waals surface area contributed by atoms with E-state index in [1.807, 2.05) is 54.6 Å². The van der Waals surface area contributed by atoms with Gasteiger partial charge in [-0.15, -0.1) is 25.3 Å². The Balaban J connectivity index is 1.93. The molecule has 154 valence electrons. The lowest BCUT2D eigenvalue weighted by Gasteiger charge is -2.35. The molecule has 0 saturated heterocycles. The highest BCUT2D eigenvalue weighted by atomic mass is 32.2. The maximum absolute atomic E-state index is 11.7.